The van der Waals surface area contributed by atoms with E-state index in [1.165, 1.54) is 0 Å². The van der Waals surface area contributed by atoms with Crippen LogP contribution in [-0.2, 0) is 4.79 Å². The lowest BCUT2D eigenvalue weighted by atomic mass is 9.98. The molecule has 1 aliphatic heterocycles. The number of carbonyl (C=O) groups is 3. The molecular weight excluding hydrogens is 506 g/mol. The van der Waals surface area contributed by atoms with Crippen molar-refractivity contribution in [2.45, 2.75) is 13.3 Å². The van der Waals surface area contributed by atoms with Crippen molar-refractivity contribution < 1.29 is 19.5 Å². The van der Waals surface area contributed by atoms with Crippen LogP contribution >= 0.6 is 0 Å². The van der Waals surface area contributed by atoms with Crippen LogP contribution in [0.3, 0.4) is 0 Å². The second kappa shape index (κ2) is 12.0. The van der Waals surface area contributed by atoms with E-state index in [1.807, 2.05) is 48.2 Å². The van der Waals surface area contributed by atoms with Gasteiger partial charge in [0.25, 0.3) is 5.91 Å². The zero-order chi connectivity index (χ0) is 28.1. The molecule has 9 nitrogen and oxygen atoms in total. The van der Waals surface area contributed by atoms with Crippen LogP contribution in [0.1, 0.15) is 43.8 Å². The SMILES string of the molecule is Cc1cc2c(C(=Nc3ccc(C(=O)NCCN4CCCNC(=O)C4)cc3)c3ccccc3)c(O)[nH]c2cc1C=O. The van der Waals surface area contributed by atoms with Gasteiger partial charge < -0.3 is 20.7 Å². The van der Waals surface area contributed by atoms with Crippen LogP contribution in [0.2, 0.25) is 0 Å². The van der Waals surface area contributed by atoms with E-state index in [4.69, 9.17) is 4.99 Å². The number of fused-ring (bicyclic) bond motifs is 1. The number of amides is 2. The van der Waals surface area contributed by atoms with Crippen molar-refractivity contribution in [1.82, 2.24) is 20.5 Å². The van der Waals surface area contributed by atoms with Gasteiger partial charge >= 0.3 is 0 Å². The number of aromatic hydroxyl groups is 1. The molecule has 0 unspecified atom stereocenters. The van der Waals surface area contributed by atoms with Crippen molar-refractivity contribution in [3.05, 3.63) is 94.5 Å². The number of hydrogen-bond donors (Lipinski definition) is 4. The van der Waals surface area contributed by atoms with Crippen molar-refractivity contribution in [2.75, 3.05) is 32.7 Å². The summed E-state index contributed by atoms with van der Waals surface area (Å²) in [7, 11) is 0. The monoisotopic (exact) mass is 537 g/mol. The molecule has 1 saturated heterocycles. The van der Waals surface area contributed by atoms with Crippen molar-refractivity contribution in [2.24, 2.45) is 4.99 Å². The molecule has 5 rings (SSSR count). The number of H-pyrrole nitrogens is 1. The lowest BCUT2D eigenvalue weighted by Gasteiger charge is -2.18. The first-order valence-electron chi connectivity index (χ1n) is 13.2. The van der Waals surface area contributed by atoms with Gasteiger partial charge in [0.15, 0.2) is 5.88 Å². The second-order valence-corrected chi connectivity index (χ2v) is 9.83. The molecule has 4 aromatic rings. The molecule has 0 saturated carbocycles. The first kappa shape index (κ1) is 26.8. The van der Waals surface area contributed by atoms with E-state index in [9.17, 15) is 19.5 Å². The third kappa shape index (κ3) is 5.94. The molecule has 3 aromatic carbocycles. The Labute approximate surface area is 231 Å². The number of aromatic nitrogens is 1. The first-order chi connectivity index (χ1) is 19.4. The molecule has 204 valence electrons. The van der Waals surface area contributed by atoms with E-state index < -0.39 is 0 Å². The van der Waals surface area contributed by atoms with E-state index in [2.05, 4.69) is 15.6 Å². The highest BCUT2D eigenvalue weighted by atomic mass is 16.3. The Morgan fingerprint density at radius 2 is 1.88 bits per heavy atom. The van der Waals surface area contributed by atoms with Crippen LogP contribution in [0, 0.1) is 6.92 Å². The summed E-state index contributed by atoms with van der Waals surface area (Å²) in [5.41, 5.74) is 4.99. The fourth-order valence-corrected chi connectivity index (χ4v) is 4.89. The van der Waals surface area contributed by atoms with Crippen LogP contribution in [0.5, 0.6) is 5.88 Å². The van der Waals surface area contributed by atoms with Gasteiger partial charge in [0.05, 0.1) is 23.5 Å². The maximum Gasteiger partial charge on any atom is 0.251 e. The number of rotatable bonds is 8. The van der Waals surface area contributed by atoms with Gasteiger partial charge in [0.2, 0.25) is 5.91 Å². The number of benzene rings is 3. The Balaban J connectivity index is 1.38. The summed E-state index contributed by atoms with van der Waals surface area (Å²) in [6, 6.07) is 20.1. The number of aldehydes is 1. The van der Waals surface area contributed by atoms with Crippen molar-refractivity contribution in [3.63, 3.8) is 0 Å². The molecule has 2 amide bonds. The molecule has 0 spiro atoms. The molecule has 2 heterocycles. The fraction of sp³-hybridized carbons (Fsp3) is 0.226. The molecule has 1 aromatic heterocycles. The molecule has 4 N–H and O–H groups in total. The molecule has 1 fully saturated rings. The first-order valence-corrected chi connectivity index (χ1v) is 13.2. The van der Waals surface area contributed by atoms with E-state index in [0.29, 0.717) is 59.8 Å². The van der Waals surface area contributed by atoms with Gasteiger partial charge in [-0.1, -0.05) is 30.3 Å². The highest BCUT2D eigenvalue weighted by Gasteiger charge is 2.20. The molecule has 0 aliphatic carbocycles. The maximum absolute atomic E-state index is 12.7. The van der Waals surface area contributed by atoms with E-state index in [0.717, 1.165) is 35.8 Å². The number of nitrogens with zero attached hydrogens (tertiary/aromatic N) is 2. The minimum absolute atomic E-state index is 0.0108. The molecule has 9 heteroatoms. The van der Waals surface area contributed by atoms with Crippen molar-refractivity contribution in [3.8, 4) is 5.88 Å². The largest absolute Gasteiger partial charge is 0.494 e. The third-order valence-corrected chi connectivity index (χ3v) is 7.00. The molecule has 0 atom stereocenters. The van der Waals surface area contributed by atoms with Crippen LogP contribution in [0.4, 0.5) is 5.69 Å². The van der Waals surface area contributed by atoms with Gasteiger partial charge in [0, 0.05) is 53.8 Å². The summed E-state index contributed by atoms with van der Waals surface area (Å²) >= 11 is 0. The standard InChI is InChI=1S/C31H31N5O4/c1-20-16-25-26(17-23(20)19-37)35-31(40)28(25)29(21-6-3-2-4-7-21)34-24-10-8-22(9-11-24)30(39)33-13-15-36-14-5-12-32-27(38)18-36/h2-4,6-11,16-17,19,35,40H,5,12-15,18H2,1H3,(H,32,38)(H,33,39). The third-order valence-electron chi connectivity index (χ3n) is 7.00. The summed E-state index contributed by atoms with van der Waals surface area (Å²) in [5, 5.41) is 17.4. The minimum atomic E-state index is -0.200. The Morgan fingerprint density at radius 1 is 1.10 bits per heavy atom. The van der Waals surface area contributed by atoms with Crippen LogP contribution in [-0.4, -0.2) is 71.5 Å². The summed E-state index contributed by atoms with van der Waals surface area (Å²) in [5.74, 6) is -0.233. The average Bonchev–Trinajstić information content (AvgIpc) is 3.12. The quantitative estimate of drug-likeness (QED) is 0.201. The smallest absolute Gasteiger partial charge is 0.251 e. The summed E-state index contributed by atoms with van der Waals surface area (Å²) in [4.78, 5) is 45.8. The number of carbonyl (C=O) groups excluding carboxylic acids is 3. The molecule has 0 bridgehead atoms. The average molecular weight is 538 g/mol. The van der Waals surface area contributed by atoms with Gasteiger partial charge in [0.1, 0.15) is 6.29 Å². The summed E-state index contributed by atoms with van der Waals surface area (Å²) in [6.07, 6.45) is 1.69. The molecule has 40 heavy (non-hydrogen) atoms. The lowest BCUT2D eigenvalue weighted by Crippen LogP contribution is -2.38. The Kier molecular flexibility index (Phi) is 8.02. The van der Waals surface area contributed by atoms with Gasteiger partial charge in [-0.2, -0.15) is 0 Å². The highest BCUT2D eigenvalue weighted by molar-refractivity contribution is 6.22. The minimum Gasteiger partial charge on any atom is -0.494 e. The lowest BCUT2D eigenvalue weighted by molar-refractivity contribution is -0.121. The Morgan fingerprint density at radius 3 is 2.62 bits per heavy atom. The van der Waals surface area contributed by atoms with E-state index in [1.54, 1.807) is 30.3 Å². The number of nitrogens with one attached hydrogen (secondary N) is 3. The zero-order valence-electron chi connectivity index (χ0n) is 22.2. The van der Waals surface area contributed by atoms with Gasteiger partial charge in [-0.05, 0) is 55.3 Å². The van der Waals surface area contributed by atoms with Crippen LogP contribution < -0.4 is 10.6 Å². The van der Waals surface area contributed by atoms with Crippen LogP contribution in [0.15, 0.2) is 71.7 Å². The summed E-state index contributed by atoms with van der Waals surface area (Å²) in [6.45, 7) is 4.73. The fourth-order valence-electron chi connectivity index (χ4n) is 4.89. The number of aliphatic imine (C=N–C) groups is 1. The predicted octanol–water partition coefficient (Wildman–Crippen LogP) is 3.72. The predicted molar refractivity (Wildman–Crippen MR) is 155 cm³/mol. The van der Waals surface area contributed by atoms with Crippen LogP contribution in [0.25, 0.3) is 10.9 Å². The molecular formula is C31H31N5O4. The van der Waals surface area contributed by atoms with Gasteiger partial charge in [-0.25, -0.2) is 4.99 Å². The number of hydrogen-bond acceptors (Lipinski definition) is 6. The number of aryl methyl sites for hydroxylation is 1. The Hall–Kier alpha value is -4.76. The van der Waals surface area contributed by atoms with Gasteiger partial charge in [-0.15, -0.1) is 0 Å². The van der Waals surface area contributed by atoms with Gasteiger partial charge in [-0.3, -0.25) is 19.3 Å². The summed E-state index contributed by atoms with van der Waals surface area (Å²) < 4.78 is 0. The zero-order valence-corrected chi connectivity index (χ0v) is 22.2. The number of aromatic amines is 1. The highest BCUT2D eigenvalue weighted by Crippen LogP contribution is 2.33. The van der Waals surface area contributed by atoms with Crippen molar-refractivity contribution >= 4 is 40.4 Å². The van der Waals surface area contributed by atoms with E-state index >= 15 is 0 Å². The second-order valence-electron chi connectivity index (χ2n) is 9.83. The van der Waals surface area contributed by atoms with Crippen molar-refractivity contribution in [1.29, 1.82) is 0 Å². The Bertz CT molecular complexity index is 1580. The van der Waals surface area contributed by atoms with E-state index in [-0.39, 0.29) is 17.7 Å². The topological polar surface area (TPSA) is 127 Å². The molecule has 0 radical (unpaired) electrons. The normalized spacial score (nSPS) is 14.5. The maximum atomic E-state index is 12.7. The molecule has 1 aliphatic rings.